The fourth-order valence-corrected chi connectivity index (χ4v) is 2.48. The van der Waals surface area contributed by atoms with Gasteiger partial charge in [-0.1, -0.05) is 0 Å². The second-order valence-electron chi connectivity index (χ2n) is 5.25. The second kappa shape index (κ2) is 6.00. The number of carbonyl (C=O) groups excluding carboxylic acids is 1. The maximum Gasteiger partial charge on any atom is 0.269 e. The molecule has 0 bridgehead atoms. The van der Waals surface area contributed by atoms with Gasteiger partial charge >= 0.3 is 0 Å². The maximum absolute atomic E-state index is 12.3. The molecule has 20 heavy (non-hydrogen) atoms. The summed E-state index contributed by atoms with van der Waals surface area (Å²) in [4.78, 5) is 26.5. The lowest BCUT2D eigenvalue weighted by atomic mass is 10.0. The van der Waals surface area contributed by atoms with Crippen molar-refractivity contribution in [1.82, 2.24) is 9.80 Å². The van der Waals surface area contributed by atoms with Crippen molar-refractivity contribution in [3.63, 3.8) is 0 Å². The van der Waals surface area contributed by atoms with Crippen molar-refractivity contribution in [2.45, 2.75) is 18.9 Å². The van der Waals surface area contributed by atoms with E-state index in [0.717, 1.165) is 25.9 Å². The number of piperidine rings is 1. The van der Waals surface area contributed by atoms with Gasteiger partial charge in [0, 0.05) is 30.8 Å². The van der Waals surface area contributed by atoms with Crippen LogP contribution in [0.3, 0.4) is 0 Å². The number of amides is 1. The number of carbonyl (C=O) groups is 1. The maximum atomic E-state index is 12.3. The number of benzene rings is 1. The van der Waals surface area contributed by atoms with Crippen molar-refractivity contribution in [3.05, 3.63) is 39.9 Å². The summed E-state index contributed by atoms with van der Waals surface area (Å²) in [6.45, 7) is 1.98. The zero-order chi connectivity index (χ0) is 14.7. The van der Waals surface area contributed by atoms with Gasteiger partial charge in [-0.25, -0.2) is 0 Å². The lowest BCUT2D eigenvalue weighted by Gasteiger charge is -2.35. The molecule has 1 aliphatic heterocycles. The van der Waals surface area contributed by atoms with E-state index in [0.29, 0.717) is 5.56 Å². The van der Waals surface area contributed by atoms with Gasteiger partial charge in [-0.15, -0.1) is 0 Å². The number of nitrogens with zero attached hydrogens (tertiary/aromatic N) is 3. The van der Waals surface area contributed by atoms with E-state index in [1.165, 1.54) is 24.3 Å². The highest BCUT2D eigenvalue weighted by atomic mass is 16.6. The summed E-state index contributed by atoms with van der Waals surface area (Å²) in [5.41, 5.74) is 0.500. The highest BCUT2D eigenvalue weighted by Crippen LogP contribution is 2.18. The van der Waals surface area contributed by atoms with E-state index >= 15 is 0 Å². The van der Waals surface area contributed by atoms with Crippen LogP contribution in [0.5, 0.6) is 0 Å². The van der Waals surface area contributed by atoms with Crippen LogP contribution < -0.4 is 0 Å². The molecule has 1 aromatic rings. The molecule has 2 rings (SSSR count). The van der Waals surface area contributed by atoms with Crippen molar-refractivity contribution < 1.29 is 9.72 Å². The van der Waals surface area contributed by atoms with E-state index in [9.17, 15) is 14.9 Å². The summed E-state index contributed by atoms with van der Waals surface area (Å²) in [6.07, 6.45) is 1.93. The van der Waals surface area contributed by atoms with Gasteiger partial charge in [-0.05, 0) is 45.1 Å². The van der Waals surface area contributed by atoms with Crippen molar-refractivity contribution in [1.29, 1.82) is 0 Å². The molecule has 0 unspecified atom stereocenters. The number of non-ortho nitro benzene ring substituents is 1. The Kier molecular flexibility index (Phi) is 4.34. The van der Waals surface area contributed by atoms with Gasteiger partial charge in [0.2, 0.25) is 0 Å². The zero-order valence-electron chi connectivity index (χ0n) is 11.8. The minimum atomic E-state index is -0.463. The Hall–Kier alpha value is -1.95. The number of nitro groups is 1. The third kappa shape index (κ3) is 3.14. The molecule has 1 fully saturated rings. The second-order valence-corrected chi connectivity index (χ2v) is 5.25. The Bertz CT molecular complexity index is 493. The Labute approximate surface area is 118 Å². The van der Waals surface area contributed by atoms with Crippen molar-refractivity contribution >= 4 is 11.6 Å². The number of rotatable bonds is 3. The average Bonchev–Trinajstić information content (AvgIpc) is 2.46. The first-order valence-electron chi connectivity index (χ1n) is 6.69. The first kappa shape index (κ1) is 14.5. The first-order valence-corrected chi connectivity index (χ1v) is 6.69. The van der Waals surface area contributed by atoms with Gasteiger partial charge in [0.05, 0.1) is 4.92 Å². The minimum absolute atomic E-state index is 0.00324. The normalized spacial score (nSPS) is 16.9. The third-order valence-electron chi connectivity index (χ3n) is 3.88. The molecule has 0 saturated carbocycles. The molecule has 1 amide bonds. The van der Waals surface area contributed by atoms with E-state index in [1.54, 1.807) is 11.9 Å². The van der Waals surface area contributed by atoms with Crippen LogP contribution in [0, 0.1) is 10.1 Å². The summed E-state index contributed by atoms with van der Waals surface area (Å²) in [6, 6.07) is 6.03. The molecular weight excluding hydrogens is 258 g/mol. The van der Waals surface area contributed by atoms with Crippen LogP contribution in [0.15, 0.2) is 24.3 Å². The molecule has 1 saturated heterocycles. The van der Waals surface area contributed by atoms with Crippen molar-refractivity contribution in [2.75, 3.05) is 27.2 Å². The van der Waals surface area contributed by atoms with E-state index in [4.69, 9.17) is 0 Å². The van der Waals surface area contributed by atoms with Crippen LogP contribution in [0.4, 0.5) is 5.69 Å². The molecule has 1 aliphatic rings. The molecule has 0 aromatic heterocycles. The Balaban J connectivity index is 2.04. The first-order chi connectivity index (χ1) is 9.49. The predicted octanol–water partition coefficient (Wildman–Crippen LogP) is 1.76. The molecule has 6 nitrogen and oxygen atoms in total. The molecule has 1 heterocycles. The molecular formula is C14H19N3O3. The van der Waals surface area contributed by atoms with E-state index in [2.05, 4.69) is 11.9 Å². The molecule has 0 spiro atoms. The number of hydrogen-bond donors (Lipinski definition) is 0. The average molecular weight is 277 g/mol. The van der Waals surface area contributed by atoms with Crippen LogP contribution in [-0.4, -0.2) is 53.9 Å². The van der Waals surface area contributed by atoms with Crippen molar-refractivity contribution in [3.8, 4) is 0 Å². The summed E-state index contributed by atoms with van der Waals surface area (Å²) in [7, 11) is 3.88. The smallest absolute Gasteiger partial charge is 0.269 e. The topological polar surface area (TPSA) is 66.7 Å². The summed E-state index contributed by atoms with van der Waals surface area (Å²) < 4.78 is 0. The van der Waals surface area contributed by atoms with Gasteiger partial charge in [0.1, 0.15) is 0 Å². The summed E-state index contributed by atoms with van der Waals surface area (Å²) in [5, 5.41) is 10.6. The highest BCUT2D eigenvalue weighted by Gasteiger charge is 2.24. The zero-order valence-corrected chi connectivity index (χ0v) is 11.8. The fourth-order valence-electron chi connectivity index (χ4n) is 2.48. The van der Waals surface area contributed by atoms with Crippen LogP contribution in [-0.2, 0) is 0 Å². The molecule has 0 radical (unpaired) electrons. The third-order valence-corrected chi connectivity index (χ3v) is 3.88. The largest absolute Gasteiger partial charge is 0.339 e. The van der Waals surface area contributed by atoms with E-state index in [-0.39, 0.29) is 17.6 Å². The van der Waals surface area contributed by atoms with Crippen LogP contribution in [0.1, 0.15) is 23.2 Å². The molecule has 1 aromatic carbocycles. The monoisotopic (exact) mass is 277 g/mol. The highest BCUT2D eigenvalue weighted by molar-refractivity contribution is 5.94. The quantitative estimate of drug-likeness (QED) is 0.623. The Morgan fingerprint density at radius 3 is 2.35 bits per heavy atom. The number of likely N-dealkylation sites (tertiary alicyclic amines) is 1. The molecule has 0 N–H and O–H groups in total. The van der Waals surface area contributed by atoms with Gasteiger partial charge in [-0.2, -0.15) is 0 Å². The molecule has 0 aliphatic carbocycles. The van der Waals surface area contributed by atoms with Crippen LogP contribution in [0.2, 0.25) is 0 Å². The Morgan fingerprint density at radius 1 is 1.30 bits per heavy atom. The molecule has 6 heteroatoms. The Morgan fingerprint density at radius 2 is 1.85 bits per heavy atom. The van der Waals surface area contributed by atoms with Gasteiger partial charge < -0.3 is 9.80 Å². The van der Waals surface area contributed by atoms with E-state index in [1.807, 2.05) is 0 Å². The van der Waals surface area contributed by atoms with Crippen LogP contribution >= 0.6 is 0 Å². The number of nitro benzene ring substituents is 1. The van der Waals surface area contributed by atoms with Gasteiger partial charge in [0.15, 0.2) is 0 Å². The summed E-state index contributed by atoms with van der Waals surface area (Å²) in [5.74, 6) is -0.0746. The predicted molar refractivity (Wildman–Crippen MR) is 75.7 cm³/mol. The van der Waals surface area contributed by atoms with E-state index < -0.39 is 4.92 Å². The fraction of sp³-hybridized carbons (Fsp3) is 0.500. The molecule has 108 valence electrons. The van der Waals surface area contributed by atoms with Crippen molar-refractivity contribution in [2.24, 2.45) is 0 Å². The van der Waals surface area contributed by atoms with Gasteiger partial charge in [-0.3, -0.25) is 14.9 Å². The molecule has 0 atom stereocenters. The van der Waals surface area contributed by atoms with Crippen LogP contribution in [0.25, 0.3) is 0 Å². The lowest BCUT2D eigenvalue weighted by molar-refractivity contribution is -0.384. The lowest BCUT2D eigenvalue weighted by Crippen LogP contribution is -2.44. The minimum Gasteiger partial charge on any atom is -0.339 e. The summed E-state index contributed by atoms with van der Waals surface area (Å²) >= 11 is 0. The van der Waals surface area contributed by atoms with Gasteiger partial charge in [0.25, 0.3) is 11.6 Å². The SMILES string of the molecule is CN1CCC(N(C)C(=O)c2ccc([N+](=O)[O-])cc2)CC1. The standard InChI is InChI=1S/C14H19N3O3/c1-15-9-7-12(8-10-15)16(2)14(18)11-3-5-13(6-4-11)17(19)20/h3-6,12H,7-10H2,1-2H3. The number of hydrogen-bond acceptors (Lipinski definition) is 4.